The molecular formula is C13H13ClNO3. The molecule has 5 heteroatoms. The molecular weight excluding hydrogens is 254 g/mol. The van der Waals surface area contributed by atoms with Crippen molar-refractivity contribution in [3.63, 3.8) is 0 Å². The number of carbonyl (C=O) groups excluding carboxylic acids is 1. The van der Waals surface area contributed by atoms with Crippen LogP contribution < -0.4 is 0 Å². The van der Waals surface area contributed by atoms with Crippen molar-refractivity contribution in [1.29, 1.82) is 0 Å². The zero-order valence-corrected chi connectivity index (χ0v) is 10.5. The molecule has 0 saturated carbocycles. The molecule has 95 valence electrons. The second-order valence-corrected chi connectivity index (χ2v) is 3.64. The van der Waals surface area contributed by atoms with Gasteiger partial charge in [0.05, 0.1) is 12.6 Å². The predicted octanol–water partition coefficient (Wildman–Crippen LogP) is 2.61. The summed E-state index contributed by atoms with van der Waals surface area (Å²) >= 11 is 5.89. The van der Waals surface area contributed by atoms with E-state index in [1.807, 2.05) is 0 Å². The quantitative estimate of drug-likeness (QED) is 0.251. The standard InChI is InChI=1S/C13H13ClNO3/c1-2-8-17-13(16)7-9-18-15-10-11-5-3-4-6-12(11)14/h2,4-6,10H,1,7-9H2/b15-10+. The van der Waals surface area contributed by atoms with E-state index in [4.69, 9.17) is 21.2 Å². The van der Waals surface area contributed by atoms with Crippen LogP contribution in [0.4, 0.5) is 0 Å². The summed E-state index contributed by atoms with van der Waals surface area (Å²) in [5.41, 5.74) is 0.702. The summed E-state index contributed by atoms with van der Waals surface area (Å²) < 4.78 is 4.76. The van der Waals surface area contributed by atoms with Gasteiger partial charge in [-0.15, -0.1) is 0 Å². The molecule has 0 saturated heterocycles. The van der Waals surface area contributed by atoms with Crippen LogP contribution in [0, 0.1) is 6.07 Å². The highest BCUT2D eigenvalue weighted by Crippen LogP contribution is 2.11. The molecule has 4 nitrogen and oxygen atoms in total. The molecule has 0 spiro atoms. The minimum absolute atomic E-state index is 0.139. The fraction of sp³-hybridized carbons (Fsp3) is 0.231. The van der Waals surface area contributed by atoms with Gasteiger partial charge in [0, 0.05) is 10.6 Å². The molecule has 1 rings (SSSR count). The molecule has 0 aliphatic rings. The van der Waals surface area contributed by atoms with Crippen molar-refractivity contribution in [1.82, 2.24) is 0 Å². The fourth-order valence-corrected chi connectivity index (χ4v) is 1.19. The minimum atomic E-state index is -0.351. The van der Waals surface area contributed by atoms with Crippen LogP contribution >= 0.6 is 11.6 Å². The molecule has 0 aromatic heterocycles. The molecule has 1 aromatic rings. The lowest BCUT2D eigenvalue weighted by atomic mass is 10.2. The number of ether oxygens (including phenoxy) is 1. The van der Waals surface area contributed by atoms with E-state index in [1.165, 1.54) is 12.3 Å². The van der Waals surface area contributed by atoms with E-state index in [0.717, 1.165) is 0 Å². The van der Waals surface area contributed by atoms with Crippen molar-refractivity contribution in [3.05, 3.63) is 47.5 Å². The molecule has 18 heavy (non-hydrogen) atoms. The monoisotopic (exact) mass is 266 g/mol. The van der Waals surface area contributed by atoms with Gasteiger partial charge < -0.3 is 9.57 Å². The highest BCUT2D eigenvalue weighted by molar-refractivity contribution is 6.33. The zero-order chi connectivity index (χ0) is 13.2. The third-order valence-corrected chi connectivity index (χ3v) is 2.21. The Bertz CT molecular complexity index is 432. The van der Waals surface area contributed by atoms with Crippen LogP contribution in [0.2, 0.25) is 5.02 Å². The number of hydrogen-bond acceptors (Lipinski definition) is 4. The number of carbonyl (C=O) groups is 1. The van der Waals surface area contributed by atoms with Gasteiger partial charge in [0.2, 0.25) is 0 Å². The smallest absolute Gasteiger partial charge is 0.309 e. The summed E-state index contributed by atoms with van der Waals surface area (Å²) in [6, 6.07) is 7.97. The number of oxime groups is 1. The van der Waals surface area contributed by atoms with Gasteiger partial charge in [-0.3, -0.25) is 4.79 Å². The molecule has 0 amide bonds. The number of esters is 1. The van der Waals surface area contributed by atoms with Gasteiger partial charge >= 0.3 is 5.97 Å². The molecule has 0 unspecified atom stereocenters. The summed E-state index contributed by atoms with van der Waals surface area (Å²) in [6.45, 7) is 3.80. The first-order valence-electron chi connectivity index (χ1n) is 5.31. The normalized spacial score (nSPS) is 10.3. The number of hydrogen-bond donors (Lipinski definition) is 0. The Kier molecular flexibility index (Phi) is 6.58. The first-order chi connectivity index (χ1) is 8.74. The minimum Gasteiger partial charge on any atom is -0.461 e. The first kappa shape index (κ1) is 14.3. The molecule has 0 N–H and O–H groups in total. The van der Waals surface area contributed by atoms with E-state index in [2.05, 4.69) is 17.8 Å². The van der Waals surface area contributed by atoms with Gasteiger partial charge in [-0.2, -0.15) is 0 Å². The van der Waals surface area contributed by atoms with Crippen LogP contribution in [0.15, 0.2) is 36.0 Å². The number of rotatable bonds is 7. The maximum Gasteiger partial charge on any atom is 0.309 e. The van der Waals surface area contributed by atoms with E-state index in [1.54, 1.807) is 18.2 Å². The van der Waals surface area contributed by atoms with Crippen LogP contribution in [0.1, 0.15) is 12.0 Å². The SMILES string of the molecule is C=CCOC(=O)CCO/N=C/c1c[c]ccc1Cl. The van der Waals surface area contributed by atoms with E-state index in [9.17, 15) is 4.79 Å². The van der Waals surface area contributed by atoms with Gasteiger partial charge in [-0.25, -0.2) is 0 Å². The summed E-state index contributed by atoms with van der Waals surface area (Å²) in [7, 11) is 0. The van der Waals surface area contributed by atoms with Crippen molar-refractivity contribution in [2.45, 2.75) is 6.42 Å². The Balaban J connectivity index is 2.24. The lowest BCUT2D eigenvalue weighted by Gasteiger charge is -2.00. The van der Waals surface area contributed by atoms with Crippen LogP contribution in [-0.2, 0) is 14.4 Å². The molecule has 0 bridgehead atoms. The maximum atomic E-state index is 11.1. The Morgan fingerprint density at radius 3 is 3.17 bits per heavy atom. The second-order valence-electron chi connectivity index (χ2n) is 3.24. The number of benzene rings is 1. The molecule has 1 radical (unpaired) electrons. The molecule has 0 aliphatic heterocycles. The molecule has 0 aliphatic carbocycles. The molecule has 0 heterocycles. The Morgan fingerprint density at radius 1 is 1.61 bits per heavy atom. The van der Waals surface area contributed by atoms with E-state index in [0.29, 0.717) is 10.6 Å². The fourth-order valence-electron chi connectivity index (χ4n) is 1.02. The first-order valence-corrected chi connectivity index (χ1v) is 5.69. The average Bonchev–Trinajstić information content (AvgIpc) is 2.38. The largest absolute Gasteiger partial charge is 0.461 e. The number of halogens is 1. The second kappa shape index (κ2) is 8.31. The van der Waals surface area contributed by atoms with E-state index < -0.39 is 0 Å². The molecule has 0 atom stereocenters. The highest BCUT2D eigenvalue weighted by atomic mass is 35.5. The molecule has 0 fully saturated rings. The van der Waals surface area contributed by atoms with Crippen molar-refractivity contribution >= 4 is 23.8 Å². The van der Waals surface area contributed by atoms with Gasteiger partial charge in [0.25, 0.3) is 0 Å². The van der Waals surface area contributed by atoms with E-state index in [-0.39, 0.29) is 25.6 Å². The summed E-state index contributed by atoms with van der Waals surface area (Å²) in [5, 5.41) is 4.26. The summed E-state index contributed by atoms with van der Waals surface area (Å²) in [5.74, 6) is -0.351. The van der Waals surface area contributed by atoms with Gasteiger partial charge in [-0.05, 0) is 18.2 Å². The van der Waals surface area contributed by atoms with Crippen molar-refractivity contribution in [3.8, 4) is 0 Å². The summed E-state index contributed by atoms with van der Waals surface area (Å²) in [4.78, 5) is 16.0. The zero-order valence-electron chi connectivity index (χ0n) is 9.77. The van der Waals surface area contributed by atoms with Gasteiger partial charge in [0.15, 0.2) is 0 Å². The topological polar surface area (TPSA) is 47.9 Å². The highest BCUT2D eigenvalue weighted by Gasteiger charge is 2.01. The maximum absolute atomic E-state index is 11.1. The third-order valence-electron chi connectivity index (χ3n) is 1.87. The van der Waals surface area contributed by atoms with Crippen molar-refractivity contribution in [2.24, 2.45) is 5.16 Å². The van der Waals surface area contributed by atoms with Gasteiger partial charge in [0.1, 0.15) is 13.2 Å². The third kappa shape index (κ3) is 5.50. The van der Waals surface area contributed by atoms with Crippen molar-refractivity contribution < 1.29 is 14.4 Å². The Hall–Kier alpha value is -1.81. The van der Waals surface area contributed by atoms with Crippen LogP contribution in [0.5, 0.6) is 0 Å². The summed E-state index contributed by atoms with van der Waals surface area (Å²) in [6.07, 6.45) is 3.11. The average molecular weight is 267 g/mol. The molecule has 1 aromatic carbocycles. The van der Waals surface area contributed by atoms with E-state index >= 15 is 0 Å². The Morgan fingerprint density at radius 2 is 2.44 bits per heavy atom. The number of nitrogens with zero attached hydrogens (tertiary/aromatic N) is 1. The van der Waals surface area contributed by atoms with Crippen LogP contribution in [0.25, 0.3) is 0 Å². The lowest BCUT2D eigenvalue weighted by Crippen LogP contribution is -2.07. The van der Waals surface area contributed by atoms with Crippen LogP contribution in [0.3, 0.4) is 0 Å². The lowest BCUT2D eigenvalue weighted by molar-refractivity contribution is -0.143. The van der Waals surface area contributed by atoms with Gasteiger partial charge in [-0.1, -0.05) is 35.5 Å². The predicted molar refractivity (Wildman–Crippen MR) is 69.6 cm³/mol. The van der Waals surface area contributed by atoms with Crippen molar-refractivity contribution in [2.75, 3.05) is 13.2 Å². The Labute approximate surface area is 111 Å². The van der Waals surface area contributed by atoms with Crippen LogP contribution in [-0.4, -0.2) is 25.4 Å².